The van der Waals surface area contributed by atoms with E-state index >= 15 is 0 Å². The molecule has 1 unspecified atom stereocenters. The molecule has 0 radical (unpaired) electrons. The molecule has 2 N–H and O–H groups in total. The zero-order chi connectivity index (χ0) is 30.3. The number of fused-ring (bicyclic) bond motifs is 1. The number of nitrogens with one attached hydrogen (secondary N) is 1. The molecule has 0 bridgehead atoms. The number of unbranched alkanes of at least 4 members (excludes halogenated alkanes) is 1. The van der Waals surface area contributed by atoms with Gasteiger partial charge in [0.15, 0.2) is 0 Å². The highest BCUT2D eigenvalue weighted by molar-refractivity contribution is 5.91. The third-order valence-electron chi connectivity index (χ3n) is 8.62. The molecule has 0 spiro atoms. The van der Waals surface area contributed by atoms with E-state index in [9.17, 15) is 19.5 Å². The average molecular weight is 592 g/mol. The van der Waals surface area contributed by atoms with E-state index in [1.54, 1.807) is 11.0 Å². The van der Waals surface area contributed by atoms with E-state index < -0.39 is 24.2 Å². The van der Waals surface area contributed by atoms with Gasteiger partial charge in [-0.2, -0.15) is 0 Å². The number of hydrogen-bond acceptors (Lipinski definition) is 7. The normalized spacial score (nSPS) is 22.9. The third kappa shape index (κ3) is 7.15. The minimum Gasteiger partial charge on any atom is -0.480 e. The first-order valence-corrected chi connectivity index (χ1v) is 15.2. The zero-order valence-electron chi connectivity index (χ0n) is 24.5. The number of aliphatic carboxylic acids is 1. The SMILES string of the molecule is C=CCCCO[C@H]1CCN(C(=O)N[C@H](C(=O)N2CC(Oc3nc4ccccc4nc3C=C)C[C@H]2C(=O)O)C2CCCC2)C1. The maximum absolute atomic E-state index is 14.1. The number of benzene rings is 1. The van der Waals surface area contributed by atoms with Crippen molar-refractivity contribution in [3.8, 4) is 5.88 Å². The molecule has 2 saturated heterocycles. The Bertz CT molecular complexity index is 1340. The van der Waals surface area contributed by atoms with Crippen molar-refractivity contribution in [3.05, 3.63) is 49.2 Å². The van der Waals surface area contributed by atoms with Gasteiger partial charge in [-0.25, -0.2) is 19.6 Å². The van der Waals surface area contributed by atoms with Gasteiger partial charge in [-0.05, 0) is 56.2 Å². The highest BCUT2D eigenvalue weighted by Gasteiger charge is 2.46. The monoisotopic (exact) mass is 591 g/mol. The minimum atomic E-state index is -1.11. The molecule has 11 nitrogen and oxygen atoms in total. The quantitative estimate of drug-likeness (QED) is 0.279. The molecule has 2 aromatic rings. The van der Waals surface area contributed by atoms with Gasteiger partial charge in [-0.1, -0.05) is 37.6 Å². The van der Waals surface area contributed by atoms with Crippen LogP contribution in [0.2, 0.25) is 0 Å². The number of urea groups is 1. The largest absolute Gasteiger partial charge is 0.480 e. The fraction of sp³-hybridized carbons (Fsp3) is 0.531. The summed E-state index contributed by atoms with van der Waals surface area (Å²) in [6.07, 6.45) is 8.87. The lowest BCUT2D eigenvalue weighted by molar-refractivity contribution is -0.149. The standard InChI is InChI=1S/C32H41N5O6/c1-3-5-10-17-42-22-15-16-36(19-22)32(41)35-28(21-11-6-7-12-21)30(38)37-20-23(18-27(37)31(39)40)43-29-24(4-2)33-25-13-8-9-14-26(25)34-29/h3-4,8-9,13-14,21-23,27-28H,1-2,5-7,10-12,15-20H2,(H,35,41)(H,39,40)/t22-,23?,27-,28-/m0/s1. The molecule has 1 aliphatic carbocycles. The number of hydrogen-bond donors (Lipinski definition) is 2. The third-order valence-corrected chi connectivity index (χ3v) is 8.62. The molecule has 1 saturated carbocycles. The molecular weight excluding hydrogens is 550 g/mol. The van der Waals surface area contributed by atoms with Crippen LogP contribution in [0.15, 0.2) is 43.5 Å². The number of allylic oxidation sites excluding steroid dienone is 1. The fourth-order valence-corrected chi connectivity index (χ4v) is 6.34. The summed E-state index contributed by atoms with van der Waals surface area (Å²) in [6.45, 7) is 9.22. The van der Waals surface area contributed by atoms with Crippen LogP contribution in [0.3, 0.4) is 0 Å². The van der Waals surface area contributed by atoms with Crippen LogP contribution >= 0.6 is 0 Å². The maximum Gasteiger partial charge on any atom is 0.326 e. The molecule has 2 aliphatic heterocycles. The molecule has 5 rings (SSSR count). The second-order valence-corrected chi connectivity index (χ2v) is 11.6. The summed E-state index contributed by atoms with van der Waals surface area (Å²) in [4.78, 5) is 51.9. The van der Waals surface area contributed by atoms with E-state index in [1.165, 1.54) is 4.90 Å². The molecule has 43 heavy (non-hydrogen) atoms. The van der Waals surface area contributed by atoms with Gasteiger partial charge in [-0.3, -0.25) is 4.79 Å². The van der Waals surface area contributed by atoms with Crippen molar-refractivity contribution >= 4 is 35.0 Å². The molecule has 3 amide bonds. The molecule has 4 atom stereocenters. The summed E-state index contributed by atoms with van der Waals surface area (Å²) < 4.78 is 12.1. The Labute approximate surface area is 251 Å². The molecule has 1 aromatic heterocycles. The van der Waals surface area contributed by atoms with Crippen molar-refractivity contribution in [2.75, 3.05) is 26.2 Å². The lowest BCUT2D eigenvalue weighted by atomic mass is 9.96. The second kappa shape index (κ2) is 14.0. The predicted molar refractivity (Wildman–Crippen MR) is 161 cm³/mol. The first-order valence-electron chi connectivity index (χ1n) is 15.2. The lowest BCUT2D eigenvalue weighted by Crippen LogP contribution is -2.56. The number of likely N-dealkylation sites (tertiary alicyclic amines) is 2. The van der Waals surface area contributed by atoms with Crippen molar-refractivity contribution < 1.29 is 29.0 Å². The van der Waals surface area contributed by atoms with Crippen LogP contribution < -0.4 is 10.1 Å². The highest BCUT2D eigenvalue weighted by atomic mass is 16.5. The summed E-state index contributed by atoms with van der Waals surface area (Å²) in [5.41, 5.74) is 1.77. The van der Waals surface area contributed by atoms with Gasteiger partial charge in [0, 0.05) is 26.1 Å². The number of amides is 3. The Hall–Kier alpha value is -3.99. The van der Waals surface area contributed by atoms with Crippen molar-refractivity contribution in [2.45, 2.75) is 75.7 Å². The molecule has 230 valence electrons. The molecule has 3 heterocycles. The molecule has 1 aromatic carbocycles. The van der Waals surface area contributed by atoms with Crippen LogP contribution in [-0.4, -0.2) is 93.3 Å². The van der Waals surface area contributed by atoms with Crippen LogP contribution in [0, 0.1) is 5.92 Å². The fourth-order valence-electron chi connectivity index (χ4n) is 6.34. The summed E-state index contributed by atoms with van der Waals surface area (Å²) in [5.74, 6) is -1.31. The van der Waals surface area contributed by atoms with Crippen LogP contribution in [0.1, 0.15) is 57.1 Å². The van der Waals surface area contributed by atoms with Crippen LogP contribution in [0.4, 0.5) is 4.79 Å². The minimum absolute atomic E-state index is 0.0391. The van der Waals surface area contributed by atoms with Crippen LogP contribution in [-0.2, 0) is 14.3 Å². The van der Waals surface area contributed by atoms with Gasteiger partial charge in [0.1, 0.15) is 23.9 Å². The van der Waals surface area contributed by atoms with Crippen molar-refractivity contribution in [1.29, 1.82) is 0 Å². The number of carboxylic acids is 1. The topological polar surface area (TPSA) is 134 Å². The lowest BCUT2D eigenvalue weighted by Gasteiger charge is -2.31. The Balaban J connectivity index is 1.28. The maximum atomic E-state index is 14.1. The van der Waals surface area contributed by atoms with E-state index in [4.69, 9.17) is 9.47 Å². The van der Waals surface area contributed by atoms with E-state index in [2.05, 4.69) is 28.4 Å². The van der Waals surface area contributed by atoms with E-state index in [-0.39, 0.29) is 42.8 Å². The van der Waals surface area contributed by atoms with Crippen molar-refractivity contribution in [2.24, 2.45) is 5.92 Å². The highest BCUT2D eigenvalue weighted by Crippen LogP contribution is 2.32. The van der Waals surface area contributed by atoms with Gasteiger partial charge in [0.2, 0.25) is 11.8 Å². The van der Waals surface area contributed by atoms with Gasteiger partial charge in [0.25, 0.3) is 0 Å². The van der Waals surface area contributed by atoms with Gasteiger partial charge in [-0.15, -0.1) is 6.58 Å². The number of ether oxygens (including phenoxy) is 2. The summed E-state index contributed by atoms with van der Waals surface area (Å²) in [7, 11) is 0. The van der Waals surface area contributed by atoms with Gasteiger partial charge in [0.05, 0.1) is 23.7 Å². The van der Waals surface area contributed by atoms with Crippen LogP contribution in [0.5, 0.6) is 5.88 Å². The van der Waals surface area contributed by atoms with Gasteiger partial charge < -0.3 is 29.7 Å². The smallest absolute Gasteiger partial charge is 0.326 e. The van der Waals surface area contributed by atoms with Crippen LogP contribution in [0.25, 0.3) is 17.1 Å². The summed E-state index contributed by atoms with van der Waals surface area (Å²) in [6, 6.07) is 5.16. The molecular formula is C32H41N5O6. The molecule has 3 fully saturated rings. The van der Waals surface area contributed by atoms with E-state index in [0.29, 0.717) is 36.4 Å². The number of rotatable bonds is 12. The van der Waals surface area contributed by atoms with Crippen molar-refractivity contribution in [3.63, 3.8) is 0 Å². The Morgan fingerprint density at radius 2 is 1.81 bits per heavy atom. The van der Waals surface area contributed by atoms with E-state index in [1.807, 2.05) is 30.3 Å². The number of para-hydroxylation sites is 2. The number of carboxylic acid groups (broad SMARTS) is 1. The second-order valence-electron chi connectivity index (χ2n) is 11.6. The molecule has 3 aliphatic rings. The van der Waals surface area contributed by atoms with Gasteiger partial charge >= 0.3 is 12.0 Å². The summed E-state index contributed by atoms with van der Waals surface area (Å²) >= 11 is 0. The number of nitrogens with zero attached hydrogens (tertiary/aromatic N) is 4. The molecule has 11 heteroatoms. The number of aromatic nitrogens is 2. The zero-order valence-corrected chi connectivity index (χ0v) is 24.5. The first-order chi connectivity index (χ1) is 20.9. The summed E-state index contributed by atoms with van der Waals surface area (Å²) in [5, 5.41) is 13.1. The first kappa shape index (κ1) is 30.5. The Kier molecular flexibility index (Phi) is 9.91. The predicted octanol–water partition coefficient (Wildman–Crippen LogP) is 4.03. The van der Waals surface area contributed by atoms with Crippen molar-refractivity contribution in [1.82, 2.24) is 25.1 Å². The Morgan fingerprint density at radius 3 is 2.51 bits per heavy atom. The van der Waals surface area contributed by atoms with E-state index in [0.717, 1.165) is 44.9 Å². The Morgan fingerprint density at radius 1 is 1.07 bits per heavy atom. The number of carbonyl (C=O) groups is 3. The average Bonchev–Trinajstić information content (AvgIpc) is 3.79. The number of carbonyl (C=O) groups excluding carboxylic acids is 2.